The number of nitrogens with zero attached hydrogens (tertiary/aromatic N) is 3. The molecule has 0 aliphatic rings. The molecule has 0 amide bonds. The van der Waals surface area contributed by atoms with Crippen molar-refractivity contribution in [2.75, 3.05) is 6.67 Å². The number of carbonyl (C=O) groups is 1. The largest absolute Gasteiger partial charge is 0.517 e. The Kier molecular flexibility index (Phi) is 5.59. The summed E-state index contributed by atoms with van der Waals surface area (Å²) in [4.78, 5) is 40.3. The zero-order valence-electron chi connectivity index (χ0n) is 11.6. The molecule has 130 valence electrons. The summed E-state index contributed by atoms with van der Waals surface area (Å²) in [5, 5.41) is 32.9. The van der Waals surface area contributed by atoms with Crippen LogP contribution in [0.1, 0.15) is 5.56 Å². The number of benzene rings is 1. The van der Waals surface area contributed by atoms with E-state index in [1.54, 1.807) is 0 Å². The molecular formula is C10H7F2N3O9. The Labute approximate surface area is 130 Å². The van der Waals surface area contributed by atoms with E-state index in [9.17, 15) is 43.9 Å². The highest BCUT2D eigenvalue weighted by atomic mass is 19.2. The molecule has 0 N–H and O–H groups in total. The first-order chi connectivity index (χ1) is 11.1. The number of alkyl halides is 2. The normalized spacial score (nSPS) is 11.5. The molecule has 12 nitrogen and oxygen atoms in total. The van der Waals surface area contributed by atoms with Crippen molar-refractivity contribution in [2.45, 2.75) is 13.3 Å². The quantitative estimate of drug-likeness (QED) is 0.324. The van der Waals surface area contributed by atoms with Gasteiger partial charge in [0.25, 0.3) is 12.1 Å². The van der Waals surface area contributed by atoms with Gasteiger partial charge >= 0.3 is 23.2 Å². The van der Waals surface area contributed by atoms with Crippen LogP contribution in [0.5, 0.6) is 5.75 Å². The second kappa shape index (κ2) is 7.21. The monoisotopic (exact) mass is 351 g/mol. The predicted octanol–water partition coefficient (Wildman–Crippen LogP) is 2.50. The summed E-state index contributed by atoms with van der Waals surface area (Å²) in [5.74, 6) is -1.42. The number of rotatable bonds is 6. The number of aryl methyl sites for hydroxylation is 1. The third-order valence-electron chi connectivity index (χ3n) is 2.49. The second-order valence-corrected chi connectivity index (χ2v) is 4.04. The number of nitro benzene ring substituents is 3. The van der Waals surface area contributed by atoms with E-state index in [1.165, 1.54) is 0 Å². The molecule has 1 aromatic rings. The van der Waals surface area contributed by atoms with Gasteiger partial charge in [-0.05, 0) is 6.92 Å². The topological polar surface area (TPSA) is 165 Å². The van der Waals surface area contributed by atoms with Crippen LogP contribution in [0.15, 0.2) is 6.07 Å². The van der Waals surface area contributed by atoms with Crippen LogP contribution in [0.3, 0.4) is 0 Å². The van der Waals surface area contributed by atoms with E-state index >= 15 is 0 Å². The fourth-order valence-corrected chi connectivity index (χ4v) is 1.63. The Morgan fingerprint density at radius 2 is 1.71 bits per heavy atom. The number of ether oxygens (including phenoxy) is 2. The van der Waals surface area contributed by atoms with Crippen LogP contribution in [-0.2, 0) is 4.74 Å². The van der Waals surface area contributed by atoms with E-state index in [0.717, 1.165) is 6.92 Å². The average molecular weight is 351 g/mol. The molecule has 0 aliphatic carbocycles. The molecule has 0 spiro atoms. The highest BCUT2D eigenvalue weighted by Gasteiger charge is 2.40. The van der Waals surface area contributed by atoms with E-state index < -0.39 is 62.3 Å². The lowest BCUT2D eigenvalue weighted by Gasteiger charge is -2.09. The first kappa shape index (κ1) is 18.6. The van der Waals surface area contributed by atoms with Crippen molar-refractivity contribution in [3.05, 3.63) is 42.0 Å². The predicted molar refractivity (Wildman–Crippen MR) is 69.1 cm³/mol. The third-order valence-corrected chi connectivity index (χ3v) is 2.49. The van der Waals surface area contributed by atoms with Crippen molar-refractivity contribution in [3.63, 3.8) is 0 Å². The smallest absolute Gasteiger partial charge is 0.396 e. The van der Waals surface area contributed by atoms with Gasteiger partial charge in [0.05, 0.1) is 14.8 Å². The number of nitro groups is 3. The molecule has 1 atom stereocenters. The molecular weight excluding hydrogens is 344 g/mol. The van der Waals surface area contributed by atoms with Gasteiger partial charge in [-0.25, -0.2) is 9.18 Å². The molecule has 0 saturated carbocycles. The molecule has 1 rings (SSSR count). The van der Waals surface area contributed by atoms with Crippen LogP contribution in [0.25, 0.3) is 0 Å². The Morgan fingerprint density at radius 3 is 2.12 bits per heavy atom. The summed E-state index contributed by atoms with van der Waals surface area (Å²) in [6.45, 7) is -0.778. The van der Waals surface area contributed by atoms with Crippen LogP contribution < -0.4 is 4.74 Å². The SMILES string of the molecule is Cc1cc([N+](=O)[O-])c([N+](=O)[O-])c(OC(=O)OC(F)CF)c1[N+](=O)[O-]. The Bertz CT molecular complexity index is 724. The molecule has 0 radical (unpaired) electrons. The summed E-state index contributed by atoms with van der Waals surface area (Å²) < 4.78 is 32.4. The van der Waals surface area contributed by atoms with Crippen molar-refractivity contribution in [3.8, 4) is 5.75 Å². The van der Waals surface area contributed by atoms with Gasteiger partial charge < -0.3 is 9.47 Å². The lowest BCUT2D eigenvalue weighted by Crippen LogP contribution is -2.20. The van der Waals surface area contributed by atoms with Crippen molar-refractivity contribution < 1.29 is 37.8 Å². The van der Waals surface area contributed by atoms with Crippen LogP contribution in [-0.4, -0.2) is 34.0 Å². The van der Waals surface area contributed by atoms with Gasteiger partial charge in [0.1, 0.15) is 0 Å². The maximum absolute atomic E-state index is 12.6. The molecule has 0 saturated heterocycles. The molecule has 0 bridgehead atoms. The van der Waals surface area contributed by atoms with Crippen LogP contribution in [0.4, 0.5) is 30.6 Å². The summed E-state index contributed by atoms with van der Waals surface area (Å²) in [5.41, 5.74) is -4.29. The number of hydrogen-bond donors (Lipinski definition) is 0. The highest BCUT2D eigenvalue weighted by molar-refractivity contribution is 5.77. The standard InChI is InChI=1S/C10H7F2N3O9/c1-4-2-5(13(17)18)8(15(21)22)9(7(4)14(19)20)24-10(16)23-6(12)3-11/h2,6H,3H2,1H3. The molecule has 0 fully saturated rings. The summed E-state index contributed by atoms with van der Waals surface area (Å²) in [6.07, 6.45) is -4.83. The van der Waals surface area contributed by atoms with Crippen molar-refractivity contribution >= 4 is 23.2 Å². The van der Waals surface area contributed by atoms with Gasteiger partial charge in [-0.2, -0.15) is 4.39 Å². The molecule has 1 aromatic carbocycles. The van der Waals surface area contributed by atoms with Gasteiger partial charge in [-0.3, -0.25) is 30.3 Å². The fraction of sp³-hybridized carbons (Fsp3) is 0.300. The van der Waals surface area contributed by atoms with Gasteiger partial charge in [0, 0.05) is 11.6 Å². The molecule has 24 heavy (non-hydrogen) atoms. The van der Waals surface area contributed by atoms with E-state index in [2.05, 4.69) is 9.47 Å². The van der Waals surface area contributed by atoms with Crippen LogP contribution in [0, 0.1) is 37.3 Å². The van der Waals surface area contributed by atoms with E-state index in [-0.39, 0.29) is 0 Å². The third kappa shape index (κ3) is 3.84. The molecule has 14 heteroatoms. The minimum Gasteiger partial charge on any atom is -0.396 e. The first-order valence-corrected chi connectivity index (χ1v) is 5.79. The van der Waals surface area contributed by atoms with Crippen molar-refractivity contribution in [2.24, 2.45) is 0 Å². The molecule has 0 heterocycles. The number of carbonyl (C=O) groups excluding carboxylic acids is 1. The van der Waals surface area contributed by atoms with Gasteiger partial charge in [-0.1, -0.05) is 0 Å². The van der Waals surface area contributed by atoms with Crippen molar-refractivity contribution in [1.82, 2.24) is 0 Å². The molecule has 1 unspecified atom stereocenters. The van der Waals surface area contributed by atoms with E-state index in [4.69, 9.17) is 0 Å². The first-order valence-electron chi connectivity index (χ1n) is 5.79. The minimum absolute atomic E-state index is 0.442. The lowest BCUT2D eigenvalue weighted by atomic mass is 10.1. The number of hydrogen-bond acceptors (Lipinski definition) is 9. The van der Waals surface area contributed by atoms with Crippen LogP contribution in [0.2, 0.25) is 0 Å². The van der Waals surface area contributed by atoms with Crippen LogP contribution >= 0.6 is 0 Å². The Hall–Kier alpha value is -3.45. The molecule has 0 aromatic heterocycles. The average Bonchev–Trinajstić information content (AvgIpc) is 2.45. The van der Waals surface area contributed by atoms with Gasteiger partial charge in [0.15, 0.2) is 6.67 Å². The summed E-state index contributed by atoms with van der Waals surface area (Å²) in [7, 11) is 0. The molecule has 0 aliphatic heterocycles. The zero-order valence-corrected chi connectivity index (χ0v) is 11.6. The summed E-state index contributed by atoms with van der Waals surface area (Å²) in [6, 6.07) is 0.536. The lowest BCUT2D eigenvalue weighted by molar-refractivity contribution is -0.425. The van der Waals surface area contributed by atoms with Gasteiger partial charge in [-0.15, -0.1) is 0 Å². The fourth-order valence-electron chi connectivity index (χ4n) is 1.63. The zero-order chi connectivity index (χ0) is 18.6. The maximum Gasteiger partial charge on any atom is 0.517 e. The minimum atomic E-state index is -2.78. The van der Waals surface area contributed by atoms with E-state index in [0.29, 0.717) is 6.07 Å². The Morgan fingerprint density at radius 1 is 1.17 bits per heavy atom. The maximum atomic E-state index is 12.6. The summed E-state index contributed by atoms with van der Waals surface area (Å²) >= 11 is 0. The van der Waals surface area contributed by atoms with Crippen molar-refractivity contribution in [1.29, 1.82) is 0 Å². The highest BCUT2D eigenvalue weighted by Crippen LogP contribution is 2.45. The number of halogens is 2. The second-order valence-electron chi connectivity index (χ2n) is 4.04. The van der Waals surface area contributed by atoms with E-state index in [1.807, 2.05) is 0 Å². The Balaban J connectivity index is 3.58. The van der Waals surface area contributed by atoms with Gasteiger partial charge in [0.2, 0.25) is 0 Å².